The lowest BCUT2D eigenvalue weighted by Gasteiger charge is -2.38. The maximum Gasteiger partial charge on any atom is 0.177 e. The summed E-state index contributed by atoms with van der Waals surface area (Å²) in [5.41, 5.74) is 6.05. The first-order valence-electron chi connectivity index (χ1n) is 4.47. The van der Waals surface area contributed by atoms with Crippen LogP contribution in [0.1, 0.15) is 24.8 Å². The molecule has 4 heteroatoms. The Morgan fingerprint density at radius 3 is 2.36 bits per heavy atom. The van der Waals surface area contributed by atoms with Crippen LogP contribution in [0.5, 0.6) is 0 Å². The Balaban J connectivity index is 2.45. The molecule has 0 amide bonds. The van der Waals surface area contributed by atoms with Crippen LogP contribution in [0, 0.1) is 11.6 Å². The Labute approximate surface area is 85.9 Å². The van der Waals surface area contributed by atoms with E-state index in [-0.39, 0.29) is 5.02 Å². The van der Waals surface area contributed by atoms with Crippen LogP contribution in [0.3, 0.4) is 0 Å². The number of nitrogens with two attached hydrogens (primary N) is 1. The molecule has 0 bridgehead atoms. The average molecular weight is 218 g/mol. The van der Waals surface area contributed by atoms with Gasteiger partial charge in [0.05, 0.1) is 5.02 Å². The van der Waals surface area contributed by atoms with Gasteiger partial charge in [-0.25, -0.2) is 8.78 Å². The summed E-state index contributed by atoms with van der Waals surface area (Å²) in [6, 6.07) is 2.56. The predicted molar refractivity (Wildman–Crippen MR) is 51.1 cm³/mol. The van der Waals surface area contributed by atoms with Gasteiger partial charge in [0.15, 0.2) is 11.6 Å². The van der Waals surface area contributed by atoms with Crippen molar-refractivity contribution in [1.82, 2.24) is 0 Å². The van der Waals surface area contributed by atoms with Gasteiger partial charge in [-0.3, -0.25) is 0 Å². The quantitative estimate of drug-likeness (QED) is 0.720. The van der Waals surface area contributed by atoms with Crippen molar-refractivity contribution in [3.05, 3.63) is 34.4 Å². The van der Waals surface area contributed by atoms with Crippen LogP contribution >= 0.6 is 11.6 Å². The molecule has 2 rings (SSSR count). The van der Waals surface area contributed by atoms with E-state index in [1.807, 2.05) is 0 Å². The SMILES string of the molecule is NC1(c2cc(F)c(F)c(Cl)c2)CCC1. The monoisotopic (exact) mass is 217 g/mol. The van der Waals surface area contributed by atoms with Gasteiger partial charge in [0.2, 0.25) is 0 Å². The molecule has 0 saturated heterocycles. The minimum absolute atomic E-state index is 0.197. The Bertz CT molecular complexity index is 351. The van der Waals surface area contributed by atoms with Crippen LogP contribution in [0.15, 0.2) is 12.1 Å². The summed E-state index contributed by atoms with van der Waals surface area (Å²) in [7, 11) is 0. The molecular weight excluding hydrogens is 208 g/mol. The zero-order valence-corrected chi connectivity index (χ0v) is 8.24. The zero-order valence-electron chi connectivity index (χ0n) is 7.49. The molecule has 1 nitrogen and oxygen atoms in total. The van der Waals surface area contributed by atoms with Crippen LogP contribution in [0.25, 0.3) is 0 Å². The van der Waals surface area contributed by atoms with Crippen LogP contribution in [0.2, 0.25) is 5.02 Å². The van der Waals surface area contributed by atoms with Gasteiger partial charge in [0.1, 0.15) is 0 Å². The van der Waals surface area contributed by atoms with E-state index in [1.54, 1.807) is 0 Å². The molecule has 0 radical (unpaired) electrons. The maximum atomic E-state index is 13.0. The fourth-order valence-corrected chi connectivity index (χ4v) is 1.90. The van der Waals surface area contributed by atoms with Gasteiger partial charge in [-0.1, -0.05) is 11.6 Å². The largest absolute Gasteiger partial charge is 0.321 e. The molecule has 0 unspecified atom stereocenters. The van der Waals surface area contributed by atoms with E-state index in [4.69, 9.17) is 17.3 Å². The number of rotatable bonds is 1. The first-order chi connectivity index (χ1) is 6.53. The van der Waals surface area contributed by atoms with E-state index < -0.39 is 17.2 Å². The fraction of sp³-hybridized carbons (Fsp3) is 0.400. The summed E-state index contributed by atoms with van der Waals surface area (Å²) < 4.78 is 25.9. The third kappa shape index (κ3) is 1.41. The lowest BCUT2D eigenvalue weighted by Crippen LogP contribution is -2.43. The molecule has 0 heterocycles. The maximum absolute atomic E-state index is 13.0. The summed E-state index contributed by atoms with van der Waals surface area (Å²) in [6.45, 7) is 0. The van der Waals surface area contributed by atoms with Crippen molar-refractivity contribution in [2.24, 2.45) is 5.73 Å². The van der Waals surface area contributed by atoms with Crippen molar-refractivity contribution >= 4 is 11.6 Å². The molecular formula is C10H10ClF2N. The molecule has 1 aliphatic carbocycles. The molecule has 1 fully saturated rings. The lowest BCUT2D eigenvalue weighted by molar-refractivity contribution is 0.252. The molecule has 0 spiro atoms. The zero-order chi connectivity index (χ0) is 10.3. The molecule has 76 valence electrons. The van der Waals surface area contributed by atoms with Crippen molar-refractivity contribution in [3.8, 4) is 0 Å². The van der Waals surface area contributed by atoms with Gasteiger partial charge in [-0.05, 0) is 37.0 Å². The highest BCUT2D eigenvalue weighted by molar-refractivity contribution is 6.30. The van der Waals surface area contributed by atoms with Crippen LogP contribution in [0.4, 0.5) is 8.78 Å². The highest BCUT2D eigenvalue weighted by atomic mass is 35.5. The topological polar surface area (TPSA) is 26.0 Å². The summed E-state index contributed by atoms with van der Waals surface area (Å²) in [4.78, 5) is 0. The normalized spacial score (nSPS) is 19.1. The molecule has 0 aliphatic heterocycles. The lowest BCUT2D eigenvalue weighted by atomic mass is 9.73. The van der Waals surface area contributed by atoms with Crippen LogP contribution in [-0.4, -0.2) is 0 Å². The van der Waals surface area contributed by atoms with Crippen molar-refractivity contribution in [3.63, 3.8) is 0 Å². The predicted octanol–water partition coefficient (Wildman–Crippen LogP) is 2.96. The molecule has 0 atom stereocenters. The number of benzene rings is 1. The minimum Gasteiger partial charge on any atom is -0.321 e. The highest BCUT2D eigenvalue weighted by Gasteiger charge is 2.35. The van der Waals surface area contributed by atoms with Crippen molar-refractivity contribution in [2.75, 3.05) is 0 Å². The summed E-state index contributed by atoms with van der Waals surface area (Å²) in [6.07, 6.45) is 2.62. The second kappa shape index (κ2) is 3.17. The van der Waals surface area contributed by atoms with Crippen molar-refractivity contribution < 1.29 is 8.78 Å². The van der Waals surface area contributed by atoms with Gasteiger partial charge in [0, 0.05) is 5.54 Å². The standard InChI is InChI=1S/C10H10ClF2N/c11-7-4-6(5-8(12)9(7)13)10(14)2-1-3-10/h4-5H,1-3,14H2. The van der Waals surface area contributed by atoms with Gasteiger partial charge in [0.25, 0.3) is 0 Å². The highest BCUT2D eigenvalue weighted by Crippen LogP contribution is 2.40. The van der Waals surface area contributed by atoms with Crippen LogP contribution in [-0.2, 0) is 5.54 Å². The number of hydrogen-bond acceptors (Lipinski definition) is 1. The number of hydrogen-bond donors (Lipinski definition) is 1. The average Bonchev–Trinajstić information content (AvgIpc) is 2.09. The van der Waals surface area contributed by atoms with Gasteiger partial charge < -0.3 is 5.73 Å². The molecule has 1 aromatic rings. The summed E-state index contributed by atoms with van der Waals surface area (Å²) >= 11 is 5.54. The molecule has 1 aliphatic rings. The Morgan fingerprint density at radius 2 is 1.93 bits per heavy atom. The fourth-order valence-electron chi connectivity index (χ4n) is 1.69. The van der Waals surface area contributed by atoms with Crippen molar-refractivity contribution in [1.29, 1.82) is 0 Å². The Kier molecular flexibility index (Phi) is 2.24. The Hall–Kier alpha value is -0.670. The van der Waals surface area contributed by atoms with E-state index >= 15 is 0 Å². The molecule has 0 aromatic heterocycles. The van der Waals surface area contributed by atoms with E-state index in [1.165, 1.54) is 6.07 Å². The van der Waals surface area contributed by atoms with Crippen LogP contribution < -0.4 is 5.73 Å². The smallest absolute Gasteiger partial charge is 0.177 e. The number of halogens is 3. The van der Waals surface area contributed by atoms with Gasteiger partial charge >= 0.3 is 0 Å². The molecule has 2 N–H and O–H groups in total. The Morgan fingerprint density at radius 1 is 1.29 bits per heavy atom. The third-order valence-corrected chi connectivity index (χ3v) is 3.08. The van der Waals surface area contributed by atoms with E-state index in [2.05, 4.69) is 0 Å². The molecule has 1 aromatic carbocycles. The van der Waals surface area contributed by atoms with Gasteiger partial charge in [-0.2, -0.15) is 0 Å². The van der Waals surface area contributed by atoms with Gasteiger partial charge in [-0.15, -0.1) is 0 Å². The second-order valence-electron chi connectivity index (χ2n) is 3.76. The summed E-state index contributed by atoms with van der Waals surface area (Å²) in [5.74, 6) is -1.93. The van der Waals surface area contributed by atoms with Crippen molar-refractivity contribution in [2.45, 2.75) is 24.8 Å². The second-order valence-corrected chi connectivity index (χ2v) is 4.17. The van der Waals surface area contributed by atoms with E-state index in [0.717, 1.165) is 25.3 Å². The van der Waals surface area contributed by atoms with E-state index in [0.29, 0.717) is 5.56 Å². The molecule has 1 saturated carbocycles. The minimum atomic E-state index is -1.00. The summed E-state index contributed by atoms with van der Waals surface area (Å²) in [5, 5.41) is -0.197. The molecule has 14 heavy (non-hydrogen) atoms. The van der Waals surface area contributed by atoms with E-state index in [9.17, 15) is 8.78 Å². The first kappa shape index (κ1) is 9.87. The third-order valence-electron chi connectivity index (χ3n) is 2.80. The first-order valence-corrected chi connectivity index (χ1v) is 4.85.